The van der Waals surface area contributed by atoms with Gasteiger partial charge < -0.3 is 9.88 Å². The van der Waals surface area contributed by atoms with E-state index in [4.69, 9.17) is 4.98 Å². The number of nitrogens with one attached hydrogen (secondary N) is 1. The number of aryl methyl sites for hydroxylation is 1. The monoisotopic (exact) mass is 402 g/mol. The SMILES string of the molecule is CNC(=O)c1ccc(CSc2nc3ccncc3n2Cc2cccc(C)c2)cc1. The molecule has 4 aromatic rings. The Morgan fingerprint density at radius 1 is 1.10 bits per heavy atom. The number of carbonyl (C=O) groups excluding carboxylic acids is 1. The molecule has 29 heavy (non-hydrogen) atoms. The van der Waals surface area contributed by atoms with Gasteiger partial charge in [0.05, 0.1) is 23.8 Å². The second-order valence-corrected chi connectivity index (χ2v) is 7.84. The number of imidazole rings is 1. The second-order valence-electron chi connectivity index (χ2n) is 6.90. The van der Waals surface area contributed by atoms with E-state index in [1.807, 2.05) is 36.5 Å². The minimum atomic E-state index is -0.0725. The van der Waals surface area contributed by atoms with Crippen LogP contribution in [-0.4, -0.2) is 27.5 Å². The summed E-state index contributed by atoms with van der Waals surface area (Å²) in [6.45, 7) is 2.86. The molecule has 2 aromatic heterocycles. The van der Waals surface area contributed by atoms with Crippen LogP contribution in [0.1, 0.15) is 27.0 Å². The van der Waals surface area contributed by atoms with E-state index in [0.717, 1.165) is 34.1 Å². The minimum absolute atomic E-state index is 0.0725. The Morgan fingerprint density at radius 2 is 1.93 bits per heavy atom. The number of rotatable bonds is 6. The number of pyridine rings is 1. The lowest BCUT2D eigenvalue weighted by molar-refractivity contribution is 0.0963. The van der Waals surface area contributed by atoms with E-state index in [9.17, 15) is 4.79 Å². The van der Waals surface area contributed by atoms with E-state index >= 15 is 0 Å². The van der Waals surface area contributed by atoms with Crippen molar-refractivity contribution in [3.05, 3.63) is 89.2 Å². The van der Waals surface area contributed by atoms with Crippen LogP contribution in [0.15, 0.2) is 72.1 Å². The highest BCUT2D eigenvalue weighted by Gasteiger charge is 2.12. The third-order valence-corrected chi connectivity index (χ3v) is 5.80. The Hall–Kier alpha value is -3.12. The van der Waals surface area contributed by atoms with E-state index < -0.39 is 0 Å². The van der Waals surface area contributed by atoms with Gasteiger partial charge >= 0.3 is 0 Å². The number of nitrogens with zero attached hydrogens (tertiary/aromatic N) is 3. The van der Waals surface area contributed by atoms with Gasteiger partial charge in [-0.2, -0.15) is 0 Å². The molecule has 2 heterocycles. The number of hydrogen-bond acceptors (Lipinski definition) is 4. The minimum Gasteiger partial charge on any atom is -0.355 e. The standard InChI is InChI=1S/C23H22N4OS/c1-16-4-3-5-18(12-16)14-27-21-13-25-11-10-20(21)26-23(27)29-15-17-6-8-19(9-7-17)22(28)24-2/h3-13H,14-15H2,1-2H3,(H,24,28). The maximum absolute atomic E-state index is 11.7. The van der Waals surface area contributed by atoms with Crippen molar-refractivity contribution in [3.8, 4) is 0 Å². The van der Waals surface area contributed by atoms with Gasteiger partial charge in [-0.25, -0.2) is 4.98 Å². The largest absolute Gasteiger partial charge is 0.355 e. The number of hydrogen-bond donors (Lipinski definition) is 1. The first-order valence-corrected chi connectivity index (χ1v) is 10.4. The predicted octanol–water partition coefficient (Wildman–Crippen LogP) is 4.44. The molecule has 1 N–H and O–H groups in total. The van der Waals surface area contributed by atoms with Gasteiger partial charge in [0.25, 0.3) is 5.91 Å². The third kappa shape index (κ3) is 4.32. The van der Waals surface area contributed by atoms with Crippen molar-refractivity contribution >= 4 is 28.7 Å². The molecule has 4 rings (SSSR count). The lowest BCUT2D eigenvalue weighted by Crippen LogP contribution is -2.17. The van der Waals surface area contributed by atoms with Gasteiger partial charge in [-0.3, -0.25) is 9.78 Å². The number of benzene rings is 2. The van der Waals surface area contributed by atoms with E-state index in [1.54, 1.807) is 25.0 Å². The smallest absolute Gasteiger partial charge is 0.251 e. The molecule has 146 valence electrons. The Balaban J connectivity index is 1.59. The van der Waals surface area contributed by atoms with Gasteiger partial charge in [-0.05, 0) is 36.2 Å². The molecule has 0 aliphatic rings. The first kappa shape index (κ1) is 19.2. The molecule has 2 aromatic carbocycles. The van der Waals surface area contributed by atoms with Crippen molar-refractivity contribution in [3.63, 3.8) is 0 Å². The summed E-state index contributed by atoms with van der Waals surface area (Å²) in [5.41, 5.74) is 6.28. The zero-order chi connectivity index (χ0) is 20.2. The molecule has 0 unspecified atom stereocenters. The summed E-state index contributed by atoms with van der Waals surface area (Å²) < 4.78 is 2.22. The second kappa shape index (κ2) is 8.49. The average Bonchev–Trinajstić information content (AvgIpc) is 3.09. The number of carbonyl (C=O) groups is 1. The van der Waals surface area contributed by atoms with Crippen LogP contribution in [0.25, 0.3) is 11.0 Å². The van der Waals surface area contributed by atoms with Gasteiger partial charge in [-0.1, -0.05) is 53.7 Å². The Bertz CT molecular complexity index is 1150. The molecule has 0 aliphatic carbocycles. The summed E-state index contributed by atoms with van der Waals surface area (Å²) in [4.78, 5) is 20.8. The van der Waals surface area contributed by atoms with Gasteiger partial charge in [-0.15, -0.1) is 0 Å². The first-order chi connectivity index (χ1) is 14.1. The summed E-state index contributed by atoms with van der Waals surface area (Å²) in [6, 6.07) is 18.2. The highest BCUT2D eigenvalue weighted by Crippen LogP contribution is 2.27. The molecular formula is C23H22N4OS. The Labute approximate surface area is 174 Å². The molecule has 0 saturated carbocycles. The van der Waals surface area contributed by atoms with E-state index in [2.05, 4.69) is 46.1 Å². The van der Waals surface area contributed by atoms with Crippen LogP contribution in [0.3, 0.4) is 0 Å². The Morgan fingerprint density at radius 3 is 2.69 bits per heavy atom. The van der Waals surface area contributed by atoms with Gasteiger partial charge in [0.15, 0.2) is 5.16 Å². The summed E-state index contributed by atoms with van der Waals surface area (Å²) in [5.74, 6) is 0.704. The van der Waals surface area contributed by atoms with Gasteiger partial charge in [0.2, 0.25) is 0 Å². The molecule has 6 heteroatoms. The van der Waals surface area contributed by atoms with Crippen molar-refractivity contribution in [2.45, 2.75) is 24.4 Å². The zero-order valence-corrected chi connectivity index (χ0v) is 17.2. The van der Waals surface area contributed by atoms with Crippen molar-refractivity contribution in [1.82, 2.24) is 19.9 Å². The van der Waals surface area contributed by atoms with Crippen LogP contribution in [0, 0.1) is 6.92 Å². The van der Waals surface area contributed by atoms with Crippen molar-refractivity contribution in [2.75, 3.05) is 7.05 Å². The molecule has 0 atom stereocenters. The topological polar surface area (TPSA) is 59.8 Å². The van der Waals surface area contributed by atoms with Gasteiger partial charge in [0, 0.05) is 24.6 Å². The van der Waals surface area contributed by atoms with Crippen molar-refractivity contribution < 1.29 is 4.79 Å². The fourth-order valence-corrected chi connectivity index (χ4v) is 4.22. The Kier molecular flexibility index (Phi) is 5.62. The van der Waals surface area contributed by atoms with E-state index in [-0.39, 0.29) is 5.91 Å². The normalized spacial score (nSPS) is 11.0. The molecule has 0 bridgehead atoms. The van der Waals surface area contributed by atoms with E-state index in [0.29, 0.717) is 5.56 Å². The number of thioether (sulfide) groups is 1. The number of fused-ring (bicyclic) bond motifs is 1. The molecule has 0 fully saturated rings. The third-order valence-electron chi connectivity index (χ3n) is 4.75. The lowest BCUT2D eigenvalue weighted by Gasteiger charge is -2.10. The number of aromatic nitrogens is 3. The molecule has 1 amide bonds. The molecule has 0 aliphatic heterocycles. The predicted molar refractivity (Wildman–Crippen MR) is 117 cm³/mol. The highest BCUT2D eigenvalue weighted by molar-refractivity contribution is 7.98. The van der Waals surface area contributed by atoms with Crippen molar-refractivity contribution in [1.29, 1.82) is 0 Å². The fourth-order valence-electron chi connectivity index (χ4n) is 3.25. The maximum Gasteiger partial charge on any atom is 0.251 e. The average molecular weight is 403 g/mol. The molecule has 5 nitrogen and oxygen atoms in total. The first-order valence-electron chi connectivity index (χ1n) is 9.43. The molecule has 0 spiro atoms. The summed E-state index contributed by atoms with van der Waals surface area (Å²) >= 11 is 1.69. The quantitative estimate of drug-likeness (QED) is 0.485. The summed E-state index contributed by atoms with van der Waals surface area (Å²) in [7, 11) is 1.64. The number of amides is 1. The van der Waals surface area contributed by atoms with Crippen molar-refractivity contribution in [2.24, 2.45) is 0 Å². The molecule has 0 radical (unpaired) electrons. The van der Waals surface area contributed by atoms with Crippen LogP contribution in [0.5, 0.6) is 0 Å². The fraction of sp³-hybridized carbons (Fsp3) is 0.174. The van der Waals surface area contributed by atoms with Gasteiger partial charge in [0.1, 0.15) is 0 Å². The van der Waals surface area contributed by atoms with E-state index in [1.165, 1.54) is 11.1 Å². The van der Waals surface area contributed by atoms with Crippen LogP contribution in [0.4, 0.5) is 0 Å². The zero-order valence-electron chi connectivity index (χ0n) is 16.4. The lowest BCUT2D eigenvalue weighted by atomic mass is 10.1. The van der Waals surface area contributed by atoms with Crippen LogP contribution < -0.4 is 5.32 Å². The van der Waals surface area contributed by atoms with Crippen LogP contribution in [-0.2, 0) is 12.3 Å². The highest BCUT2D eigenvalue weighted by atomic mass is 32.2. The van der Waals surface area contributed by atoms with Crippen LogP contribution >= 0.6 is 11.8 Å². The van der Waals surface area contributed by atoms with Crippen LogP contribution in [0.2, 0.25) is 0 Å². The maximum atomic E-state index is 11.7. The molecular weight excluding hydrogens is 380 g/mol. The molecule has 0 saturated heterocycles. The summed E-state index contributed by atoms with van der Waals surface area (Å²) in [6.07, 6.45) is 3.65. The summed E-state index contributed by atoms with van der Waals surface area (Å²) in [5, 5.41) is 3.61.